The van der Waals surface area contributed by atoms with E-state index in [1.54, 1.807) is 6.92 Å². The Morgan fingerprint density at radius 2 is 1.45 bits per heavy atom. The first-order valence-corrected chi connectivity index (χ1v) is 7.67. The normalized spacial score (nSPS) is 8.60. The third kappa shape index (κ3) is 25.7. The zero-order valence-corrected chi connectivity index (χ0v) is 15.0. The van der Waals surface area contributed by atoms with Crippen LogP contribution in [0.5, 0.6) is 5.75 Å². The number of hydrogen-bond acceptors (Lipinski definition) is 2. The van der Waals surface area contributed by atoms with Crippen molar-refractivity contribution in [2.75, 3.05) is 6.61 Å². The summed E-state index contributed by atoms with van der Waals surface area (Å²) in [7, 11) is 0. The number of rotatable bonds is 2. The molecule has 0 radical (unpaired) electrons. The number of benzene rings is 1. The van der Waals surface area contributed by atoms with E-state index in [9.17, 15) is 0 Å². The summed E-state index contributed by atoms with van der Waals surface area (Å²) in [5.41, 5.74) is 1.24. The van der Waals surface area contributed by atoms with Crippen LogP contribution >= 0.6 is 0 Å². The minimum absolute atomic E-state index is 0.250. The van der Waals surface area contributed by atoms with E-state index in [2.05, 4.69) is 33.8 Å². The predicted octanol–water partition coefficient (Wildman–Crippen LogP) is 5.47. The fraction of sp³-hybridized carbons (Fsp3) is 0.667. The van der Waals surface area contributed by atoms with E-state index in [-0.39, 0.29) is 12.7 Å². The number of aliphatic hydroxyl groups excluding tert-OH is 1. The van der Waals surface area contributed by atoms with Gasteiger partial charge in [0.2, 0.25) is 0 Å². The van der Waals surface area contributed by atoms with E-state index < -0.39 is 0 Å². The van der Waals surface area contributed by atoms with Crippen LogP contribution in [-0.2, 0) is 0 Å². The second-order valence-corrected chi connectivity index (χ2v) is 5.03. The Hall–Kier alpha value is -1.02. The fourth-order valence-electron chi connectivity index (χ4n) is 0.961. The monoisotopic (exact) mass is 284 g/mol. The molecular formula is C18H36O2. The van der Waals surface area contributed by atoms with Crippen molar-refractivity contribution in [2.24, 2.45) is 5.92 Å². The van der Waals surface area contributed by atoms with E-state index in [1.807, 2.05) is 45.9 Å². The summed E-state index contributed by atoms with van der Waals surface area (Å²) in [6.07, 6.45) is 0.261. The largest absolute Gasteiger partial charge is 0.491 e. The highest BCUT2D eigenvalue weighted by Crippen LogP contribution is 2.13. The minimum Gasteiger partial charge on any atom is -0.491 e. The third-order valence-electron chi connectivity index (χ3n) is 1.36. The molecule has 0 heterocycles. The van der Waals surface area contributed by atoms with Crippen LogP contribution in [0.1, 0.15) is 61.0 Å². The van der Waals surface area contributed by atoms with Crippen molar-refractivity contribution in [3.8, 4) is 5.75 Å². The first kappa shape index (κ1) is 24.0. The summed E-state index contributed by atoms with van der Waals surface area (Å²) >= 11 is 0. The highest BCUT2D eigenvalue weighted by atomic mass is 16.5. The molecular weight excluding hydrogens is 248 g/mol. The lowest BCUT2D eigenvalue weighted by molar-refractivity contribution is 0.242. The molecule has 120 valence electrons. The molecule has 0 aliphatic heterocycles. The van der Waals surface area contributed by atoms with E-state index >= 15 is 0 Å². The van der Waals surface area contributed by atoms with Gasteiger partial charge in [0.05, 0.1) is 6.10 Å². The molecule has 1 aromatic rings. The average Bonchev–Trinajstić information content (AvgIpc) is 2.31. The molecule has 0 aliphatic rings. The maximum atomic E-state index is 7.57. The van der Waals surface area contributed by atoms with Crippen LogP contribution in [0.2, 0.25) is 0 Å². The van der Waals surface area contributed by atoms with Crippen LogP contribution in [0.3, 0.4) is 0 Å². The van der Waals surface area contributed by atoms with Gasteiger partial charge in [-0.25, -0.2) is 0 Å². The van der Waals surface area contributed by atoms with Gasteiger partial charge in [-0.3, -0.25) is 0 Å². The Kier molecular flexibility index (Phi) is 21.6. The van der Waals surface area contributed by atoms with Crippen LogP contribution in [0.15, 0.2) is 24.3 Å². The predicted molar refractivity (Wildman–Crippen MR) is 91.6 cm³/mol. The Morgan fingerprint density at radius 3 is 1.75 bits per heavy atom. The van der Waals surface area contributed by atoms with Gasteiger partial charge in [-0.05, 0) is 51.3 Å². The molecule has 0 unspecified atom stereocenters. The van der Waals surface area contributed by atoms with Crippen molar-refractivity contribution in [3.63, 3.8) is 0 Å². The van der Waals surface area contributed by atoms with Crippen LogP contribution in [-0.4, -0.2) is 17.8 Å². The van der Waals surface area contributed by atoms with Crippen molar-refractivity contribution in [1.82, 2.24) is 0 Å². The third-order valence-corrected chi connectivity index (χ3v) is 1.36. The van der Waals surface area contributed by atoms with Crippen LogP contribution in [0, 0.1) is 12.8 Å². The second-order valence-electron chi connectivity index (χ2n) is 5.03. The standard InChI is InChI=1S/C10H14O.C4H10.C2H6O.C2H6/c1-8(2)11-10-6-4-5-9(3)7-10;1-4(2)3;1-2-3;1-2/h4-8H,1-3H3;4H,1-3H3;3H,2H2,1H3;1-2H3. The van der Waals surface area contributed by atoms with Gasteiger partial charge in [-0.15, -0.1) is 0 Å². The van der Waals surface area contributed by atoms with Gasteiger partial charge < -0.3 is 9.84 Å². The Labute approximate surface area is 127 Å². The lowest BCUT2D eigenvalue weighted by Crippen LogP contribution is -2.05. The Bertz CT molecular complexity index is 278. The molecule has 0 aliphatic carbocycles. The smallest absolute Gasteiger partial charge is 0.119 e. The first-order valence-electron chi connectivity index (χ1n) is 7.67. The Morgan fingerprint density at radius 1 is 1.05 bits per heavy atom. The van der Waals surface area contributed by atoms with Gasteiger partial charge in [-0.1, -0.05) is 46.8 Å². The highest BCUT2D eigenvalue weighted by molar-refractivity contribution is 5.27. The van der Waals surface area contributed by atoms with Crippen LogP contribution in [0.4, 0.5) is 0 Å². The summed E-state index contributed by atoms with van der Waals surface area (Å²) in [6.45, 7) is 18.6. The van der Waals surface area contributed by atoms with Gasteiger partial charge in [0.15, 0.2) is 0 Å². The van der Waals surface area contributed by atoms with E-state index in [0.717, 1.165) is 11.7 Å². The zero-order chi connectivity index (χ0) is 16.6. The van der Waals surface area contributed by atoms with Crippen molar-refractivity contribution in [1.29, 1.82) is 0 Å². The van der Waals surface area contributed by atoms with Crippen molar-refractivity contribution < 1.29 is 9.84 Å². The second kappa shape index (κ2) is 18.0. The fourth-order valence-corrected chi connectivity index (χ4v) is 0.961. The summed E-state index contributed by atoms with van der Waals surface area (Å²) in [6, 6.07) is 8.09. The van der Waals surface area contributed by atoms with E-state index in [0.29, 0.717) is 0 Å². The molecule has 20 heavy (non-hydrogen) atoms. The molecule has 0 fully saturated rings. The average molecular weight is 284 g/mol. The molecule has 0 atom stereocenters. The van der Waals surface area contributed by atoms with Gasteiger partial charge >= 0.3 is 0 Å². The SMILES string of the molecule is CC.CC(C)C.CCO.Cc1cccc(OC(C)C)c1. The summed E-state index contributed by atoms with van der Waals surface area (Å²) in [4.78, 5) is 0. The van der Waals surface area contributed by atoms with Gasteiger partial charge in [0, 0.05) is 6.61 Å². The summed E-state index contributed by atoms with van der Waals surface area (Å²) < 4.78 is 5.50. The zero-order valence-electron chi connectivity index (χ0n) is 15.0. The van der Waals surface area contributed by atoms with Gasteiger partial charge in [-0.2, -0.15) is 0 Å². The maximum Gasteiger partial charge on any atom is 0.119 e. The first-order chi connectivity index (χ1) is 9.33. The van der Waals surface area contributed by atoms with Crippen LogP contribution in [0.25, 0.3) is 0 Å². The summed E-state index contributed by atoms with van der Waals surface area (Å²) in [5.74, 6) is 1.79. The Balaban J connectivity index is -0.000000269. The molecule has 0 bridgehead atoms. The molecule has 1 N–H and O–H groups in total. The molecule has 0 spiro atoms. The topological polar surface area (TPSA) is 29.5 Å². The quantitative estimate of drug-likeness (QED) is 0.780. The number of aryl methyl sites for hydroxylation is 1. The van der Waals surface area contributed by atoms with Crippen molar-refractivity contribution in [3.05, 3.63) is 29.8 Å². The number of aliphatic hydroxyl groups is 1. The molecule has 2 nitrogen and oxygen atoms in total. The number of ether oxygens (including phenoxy) is 1. The number of hydrogen-bond donors (Lipinski definition) is 1. The molecule has 0 saturated carbocycles. The van der Waals surface area contributed by atoms with E-state index in [1.165, 1.54) is 5.56 Å². The highest BCUT2D eigenvalue weighted by Gasteiger charge is 1.95. The molecule has 0 amide bonds. The molecule has 0 aromatic heterocycles. The van der Waals surface area contributed by atoms with Crippen molar-refractivity contribution in [2.45, 2.75) is 68.4 Å². The molecule has 1 rings (SSSR count). The van der Waals surface area contributed by atoms with E-state index in [4.69, 9.17) is 9.84 Å². The van der Waals surface area contributed by atoms with Crippen LogP contribution < -0.4 is 4.74 Å². The summed E-state index contributed by atoms with van der Waals surface area (Å²) in [5, 5.41) is 7.57. The molecule has 1 aromatic carbocycles. The molecule has 0 saturated heterocycles. The lowest BCUT2D eigenvalue weighted by atomic mass is 10.2. The van der Waals surface area contributed by atoms with Gasteiger partial charge in [0.1, 0.15) is 5.75 Å². The molecule has 2 heteroatoms. The maximum absolute atomic E-state index is 7.57. The minimum atomic E-state index is 0.250. The van der Waals surface area contributed by atoms with Crippen molar-refractivity contribution >= 4 is 0 Å². The lowest BCUT2D eigenvalue weighted by Gasteiger charge is -2.09. The van der Waals surface area contributed by atoms with Gasteiger partial charge in [0.25, 0.3) is 0 Å².